The second-order valence-electron chi connectivity index (χ2n) is 4.53. The van der Waals surface area contributed by atoms with Gasteiger partial charge in [0.05, 0.1) is 17.3 Å². The zero-order valence-electron chi connectivity index (χ0n) is 10.2. The van der Waals surface area contributed by atoms with Crippen molar-refractivity contribution in [2.24, 2.45) is 0 Å². The van der Waals surface area contributed by atoms with Gasteiger partial charge >= 0.3 is 0 Å². The first-order chi connectivity index (χ1) is 8.11. The largest absolute Gasteiger partial charge is 0.390 e. The molecule has 1 aromatic heterocycles. The third-order valence-electron chi connectivity index (χ3n) is 3.34. The molecule has 1 saturated heterocycles. The van der Waals surface area contributed by atoms with Gasteiger partial charge in [0.1, 0.15) is 5.82 Å². The number of piperazine rings is 1. The molecule has 2 rings (SSSR count). The maximum Gasteiger partial charge on any atom is 0.129 e. The van der Waals surface area contributed by atoms with Crippen molar-refractivity contribution in [3.63, 3.8) is 0 Å². The fourth-order valence-electron chi connectivity index (χ4n) is 2.02. The molecule has 0 aliphatic carbocycles. The van der Waals surface area contributed by atoms with E-state index in [9.17, 15) is 0 Å². The molecule has 0 amide bonds. The number of hydrogen-bond donors (Lipinski definition) is 1. The molecule has 2 heterocycles. The van der Waals surface area contributed by atoms with Crippen molar-refractivity contribution >= 4 is 17.4 Å². The van der Waals surface area contributed by atoms with E-state index in [2.05, 4.69) is 28.8 Å². The topological polar surface area (TPSA) is 39.6 Å². The van der Waals surface area contributed by atoms with Crippen LogP contribution in [0, 0.1) is 0 Å². The number of aliphatic hydroxyl groups excluding tert-OH is 1. The molecule has 5 heteroatoms. The number of anilines is 1. The summed E-state index contributed by atoms with van der Waals surface area (Å²) in [7, 11) is 2.14. The summed E-state index contributed by atoms with van der Waals surface area (Å²) < 4.78 is 0. The molecule has 1 N–H and O–H groups in total. The van der Waals surface area contributed by atoms with Crippen molar-refractivity contribution in [1.82, 2.24) is 9.88 Å². The maximum absolute atomic E-state index is 9.16. The van der Waals surface area contributed by atoms with Gasteiger partial charge in [-0.2, -0.15) is 0 Å². The molecule has 4 nitrogen and oxygen atoms in total. The highest BCUT2D eigenvalue weighted by atomic mass is 35.5. The van der Waals surface area contributed by atoms with Gasteiger partial charge in [0.15, 0.2) is 0 Å². The predicted molar refractivity (Wildman–Crippen MR) is 69.5 cm³/mol. The predicted octanol–water partition coefficient (Wildman–Crippen LogP) is 1.37. The molecule has 0 radical (unpaired) electrons. The minimum absolute atomic E-state index is 0.115. The Hall–Kier alpha value is -0.840. The van der Waals surface area contributed by atoms with Crippen molar-refractivity contribution in [2.75, 3.05) is 31.6 Å². The van der Waals surface area contributed by atoms with Crippen LogP contribution in [0.15, 0.2) is 12.1 Å². The molecule has 1 aliphatic heterocycles. The van der Waals surface area contributed by atoms with E-state index in [1.54, 1.807) is 6.07 Å². The van der Waals surface area contributed by atoms with E-state index >= 15 is 0 Å². The van der Waals surface area contributed by atoms with Crippen LogP contribution < -0.4 is 4.90 Å². The second kappa shape index (κ2) is 5.21. The van der Waals surface area contributed by atoms with Crippen molar-refractivity contribution < 1.29 is 5.11 Å². The lowest BCUT2D eigenvalue weighted by Gasteiger charge is -2.38. The monoisotopic (exact) mass is 255 g/mol. The van der Waals surface area contributed by atoms with E-state index in [-0.39, 0.29) is 6.61 Å². The number of aliphatic hydroxyl groups is 1. The molecule has 0 aromatic carbocycles. The average Bonchev–Trinajstić information content (AvgIpc) is 2.33. The summed E-state index contributed by atoms with van der Waals surface area (Å²) in [6, 6.07) is 4.23. The SMILES string of the molecule is CC1CN(c2ccc(Cl)c(CO)n2)CCN1C. The Bertz CT molecular complexity index is 399. The summed E-state index contributed by atoms with van der Waals surface area (Å²) >= 11 is 5.94. The molecule has 0 bridgehead atoms. The third kappa shape index (κ3) is 2.70. The zero-order chi connectivity index (χ0) is 12.4. The lowest BCUT2D eigenvalue weighted by molar-refractivity contribution is 0.233. The van der Waals surface area contributed by atoms with Gasteiger partial charge in [-0.3, -0.25) is 0 Å². The van der Waals surface area contributed by atoms with Gasteiger partial charge in [0.2, 0.25) is 0 Å². The summed E-state index contributed by atoms with van der Waals surface area (Å²) in [6.45, 7) is 5.03. The number of pyridine rings is 1. The molecule has 0 saturated carbocycles. The maximum atomic E-state index is 9.16. The standard InChI is InChI=1S/C12H18ClN3O/c1-9-7-16(6-5-15(9)2)12-4-3-10(13)11(8-17)14-12/h3-4,9,17H,5-8H2,1-2H3. The summed E-state index contributed by atoms with van der Waals surface area (Å²) in [5.41, 5.74) is 0.552. The Labute approximate surface area is 107 Å². The van der Waals surface area contributed by atoms with Gasteiger partial charge < -0.3 is 14.9 Å². The fraction of sp³-hybridized carbons (Fsp3) is 0.583. The van der Waals surface area contributed by atoms with Gasteiger partial charge in [-0.1, -0.05) is 11.6 Å². The lowest BCUT2D eigenvalue weighted by atomic mass is 10.2. The number of rotatable bonds is 2. The van der Waals surface area contributed by atoms with Crippen LogP contribution in [0.1, 0.15) is 12.6 Å². The van der Waals surface area contributed by atoms with Crippen molar-refractivity contribution in [3.05, 3.63) is 22.8 Å². The molecular formula is C12H18ClN3O. The van der Waals surface area contributed by atoms with Crippen molar-refractivity contribution in [1.29, 1.82) is 0 Å². The van der Waals surface area contributed by atoms with Gasteiger partial charge in [0.25, 0.3) is 0 Å². The van der Waals surface area contributed by atoms with Crippen LogP contribution >= 0.6 is 11.6 Å². The van der Waals surface area contributed by atoms with Crippen LogP contribution in [-0.4, -0.2) is 47.7 Å². The molecule has 17 heavy (non-hydrogen) atoms. The van der Waals surface area contributed by atoms with Crippen LogP contribution in [-0.2, 0) is 6.61 Å². The quantitative estimate of drug-likeness (QED) is 0.867. The Kier molecular flexibility index (Phi) is 3.86. The number of nitrogens with zero attached hydrogens (tertiary/aromatic N) is 3. The second-order valence-corrected chi connectivity index (χ2v) is 4.94. The molecule has 1 aliphatic rings. The number of hydrogen-bond acceptors (Lipinski definition) is 4. The molecule has 1 unspecified atom stereocenters. The highest BCUT2D eigenvalue weighted by Crippen LogP contribution is 2.21. The van der Waals surface area contributed by atoms with E-state index in [4.69, 9.17) is 16.7 Å². The summed E-state index contributed by atoms with van der Waals surface area (Å²) in [5, 5.41) is 9.69. The highest BCUT2D eigenvalue weighted by Gasteiger charge is 2.21. The van der Waals surface area contributed by atoms with Gasteiger partial charge in [-0.25, -0.2) is 4.98 Å². The first-order valence-electron chi connectivity index (χ1n) is 5.83. The summed E-state index contributed by atoms with van der Waals surface area (Å²) in [4.78, 5) is 8.97. The smallest absolute Gasteiger partial charge is 0.129 e. The Morgan fingerprint density at radius 1 is 1.47 bits per heavy atom. The van der Waals surface area contributed by atoms with Gasteiger partial charge in [-0.15, -0.1) is 0 Å². The first kappa shape index (κ1) is 12.6. The number of likely N-dealkylation sites (N-methyl/N-ethyl adjacent to an activating group) is 1. The zero-order valence-corrected chi connectivity index (χ0v) is 11.0. The molecule has 0 spiro atoms. The van der Waals surface area contributed by atoms with E-state index in [0.717, 1.165) is 25.5 Å². The van der Waals surface area contributed by atoms with E-state index in [1.807, 2.05) is 6.07 Å². The van der Waals surface area contributed by atoms with Crippen LogP contribution in [0.5, 0.6) is 0 Å². The van der Waals surface area contributed by atoms with Crippen LogP contribution in [0.3, 0.4) is 0 Å². The summed E-state index contributed by atoms with van der Waals surface area (Å²) in [6.07, 6.45) is 0. The number of aromatic nitrogens is 1. The first-order valence-corrected chi connectivity index (χ1v) is 6.21. The molecule has 94 valence electrons. The Morgan fingerprint density at radius 2 is 2.24 bits per heavy atom. The van der Waals surface area contributed by atoms with Gasteiger partial charge in [0, 0.05) is 25.7 Å². The van der Waals surface area contributed by atoms with E-state index < -0.39 is 0 Å². The van der Waals surface area contributed by atoms with Crippen molar-refractivity contribution in [2.45, 2.75) is 19.6 Å². The fourth-order valence-corrected chi connectivity index (χ4v) is 2.18. The van der Waals surface area contributed by atoms with Crippen LogP contribution in [0.4, 0.5) is 5.82 Å². The third-order valence-corrected chi connectivity index (χ3v) is 3.68. The normalized spacial score (nSPS) is 21.9. The molecular weight excluding hydrogens is 238 g/mol. The lowest BCUT2D eigenvalue weighted by Crippen LogP contribution is -2.50. The van der Waals surface area contributed by atoms with Crippen LogP contribution in [0.2, 0.25) is 5.02 Å². The Balaban J connectivity index is 2.17. The molecule has 1 aromatic rings. The van der Waals surface area contributed by atoms with E-state index in [0.29, 0.717) is 16.8 Å². The van der Waals surface area contributed by atoms with Crippen molar-refractivity contribution in [3.8, 4) is 0 Å². The molecule has 1 fully saturated rings. The van der Waals surface area contributed by atoms with Crippen LogP contribution in [0.25, 0.3) is 0 Å². The molecule has 1 atom stereocenters. The Morgan fingerprint density at radius 3 is 2.88 bits per heavy atom. The summed E-state index contributed by atoms with van der Waals surface area (Å²) in [5.74, 6) is 0.901. The average molecular weight is 256 g/mol. The minimum atomic E-state index is -0.115. The minimum Gasteiger partial charge on any atom is -0.390 e. The van der Waals surface area contributed by atoms with E-state index in [1.165, 1.54) is 0 Å². The number of halogens is 1. The highest BCUT2D eigenvalue weighted by molar-refractivity contribution is 6.31. The van der Waals surface area contributed by atoms with Gasteiger partial charge in [-0.05, 0) is 26.1 Å².